The van der Waals surface area contributed by atoms with E-state index in [0.29, 0.717) is 12.8 Å². The average Bonchev–Trinajstić information content (AvgIpc) is 2.59. The van der Waals surface area contributed by atoms with Crippen LogP contribution in [0.25, 0.3) is 0 Å². The molecular formula is C14H16F14OSi. The van der Waals surface area contributed by atoms with Crippen molar-refractivity contribution >= 4 is 8.80 Å². The second-order valence-corrected chi connectivity index (χ2v) is 10.2. The van der Waals surface area contributed by atoms with E-state index >= 15 is 0 Å². The van der Waals surface area contributed by atoms with Gasteiger partial charge in [-0.1, -0.05) is 6.55 Å². The number of halogens is 14. The van der Waals surface area contributed by atoms with Crippen molar-refractivity contribution in [3.05, 3.63) is 0 Å². The smallest absolute Gasteiger partial charge is 0.382 e. The van der Waals surface area contributed by atoms with Gasteiger partial charge in [-0.2, -0.15) is 57.1 Å². The molecule has 0 radical (unpaired) electrons. The molecule has 1 rings (SSSR count). The van der Waals surface area contributed by atoms with Gasteiger partial charge in [0.15, 0.2) is 0 Å². The minimum Gasteiger partial charge on any atom is -0.382 e. The summed E-state index contributed by atoms with van der Waals surface area (Å²) >= 11 is 0. The summed E-state index contributed by atoms with van der Waals surface area (Å²) < 4.78 is 188. The van der Waals surface area contributed by atoms with Gasteiger partial charge in [0.1, 0.15) is 8.80 Å². The van der Waals surface area contributed by atoms with Crippen molar-refractivity contribution in [2.45, 2.75) is 79.5 Å². The summed E-state index contributed by atoms with van der Waals surface area (Å²) in [6.07, 6.45) is -9.12. The highest BCUT2D eigenvalue weighted by molar-refractivity contribution is 6.60. The zero-order valence-corrected chi connectivity index (χ0v) is 16.1. The van der Waals surface area contributed by atoms with E-state index in [9.17, 15) is 61.5 Å². The highest BCUT2D eigenvalue weighted by atomic mass is 28.3. The van der Waals surface area contributed by atoms with Crippen molar-refractivity contribution in [1.29, 1.82) is 0 Å². The number of hydrogen-bond acceptors (Lipinski definition) is 1. The van der Waals surface area contributed by atoms with E-state index in [1.54, 1.807) is 0 Å². The van der Waals surface area contributed by atoms with Crippen molar-refractivity contribution in [3.8, 4) is 0 Å². The Labute approximate surface area is 162 Å². The van der Waals surface area contributed by atoms with E-state index in [1.807, 2.05) is 0 Å². The van der Waals surface area contributed by atoms with Gasteiger partial charge in [0.25, 0.3) is 0 Å². The number of alkyl halides is 14. The lowest BCUT2D eigenvalue weighted by Crippen LogP contribution is -2.70. The van der Waals surface area contributed by atoms with E-state index < -0.39 is 62.5 Å². The molecule has 3 atom stereocenters. The second kappa shape index (κ2) is 8.28. The quantitative estimate of drug-likeness (QED) is 0.299. The molecule has 16 heteroatoms. The minimum atomic E-state index is -7.97. The third-order valence-electron chi connectivity index (χ3n) is 4.82. The van der Waals surface area contributed by atoms with Crippen LogP contribution < -0.4 is 0 Å². The molecule has 180 valence electrons. The van der Waals surface area contributed by atoms with Gasteiger partial charge in [0.05, 0.1) is 5.79 Å². The molecule has 0 aliphatic carbocycles. The van der Waals surface area contributed by atoms with Crippen LogP contribution in [0.3, 0.4) is 0 Å². The molecular weight excluding hydrogens is 478 g/mol. The average molecular weight is 494 g/mol. The molecule has 1 saturated heterocycles. The predicted molar refractivity (Wildman–Crippen MR) is 76.9 cm³/mol. The number of ether oxygens (including phenoxy) is 1. The summed E-state index contributed by atoms with van der Waals surface area (Å²) in [7, 11) is -3.17. The second-order valence-electron chi connectivity index (χ2n) is 6.98. The van der Waals surface area contributed by atoms with Gasteiger partial charge < -0.3 is 4.74 Å². The Morgan fingerprint density at radius 1 is 0.767 bits per heavy atom. The summed E-state index contributed by atoms with van der Waals surface area (Å²) in [5, 5.41) is 0. The largest absolute Gasteiger partial charge is 0.460 e. The molecule has 0 spiro atoms. The van der Waals surface area contributed by atoms with E-state index in [4.69, 9.17) is 4.74 Å². The Hall–Kier alpha value is -0.803. The number of hydrogen-bond donors (Lipinski definition) is 0. The predicted octanol–water partition coefficient (Wildman–Crippen LogP) is 5.96. The summed E-state index contributed by atoms with van der Waals surface area (Å²) in [5.74, 6) is -40.4. The summed E-state index contributed by atoms with van der Waals surface area (Å²) in [5.41, 5.74) is -0.963. The van der Waals surface area contributed by atoms with Gasteiger partial charge in [0.2, 0.25) is 0 Å². The van der Waals surface area contributed by atoms with Gasteiger partial charge in [-0.3, -0.25) is 4.39 Å². The Morgan fingerprint density at radius 2 is 1.23 bits per heavy atom. The van der Waals surface area contributed by atoms with Gasteiger partial charge in [-0.15, -0.1) is 0 Å². The van der Waals surface area contributed by atoms with Crippen LogP contribution in [-0.4, -0.2) is 62.7 Å². The highest BCUT2D eigenvalue weighted by Gasteiger charge is 2.90. The maximum Gasteiger partial charge on any atom is 0.460 e. The van der Waals surface area contributed by atoms with E-state index in [2.05, 4.69) is 0 Å². The first kappa shape index (κ1) is 27.2. The Balaban J connectivity index is 3.18. The van der Waals surface area contributed by atoms with Gasteiger partial charge in [-0.05, 0) is 19.3 Å². The molecule has 0 saturated carbocycles. The molecule has 0 amide bonds. The molecule has 1 nitrogen and oxygen atoms in total. The minimum absolute atomic E-state index is 0.0814. The third kappa shape index (κ3) is 4.39. The van der Waals surface area contributed by atoms with Crippen molar-refractivity contribution < 1.29 is 66.2 Å². The summed E-state index contributed by atoms with van der Waals surface area (Å²) in [4.78, 5) is 0. The van der Waals surface area contributed by atoms with Gasteiger partial charge in [0, 0.05) is 18.8 Å². The van der Waals surface area contributed by atoms with Crippen LogP contribution in [0.2, 0.25) is 6.55 Å². The van der Waals surface area contributed by atoms with Gasteiger partial charge in [-0.25, -0.2) is 0 Å². The lowest BCUT2D eigenvalue weighted by atomic mass is 9.93. The standard InChI is InChI=1S/C14H16F14OSi/c1-30(8-4-2-3-5-29-8)7(15)6-9(16,17)10(18,19)11(20,21)12(22,23)13(24,25)14(26,27)28/h7-8,30H,2-6H2,1H3. The molecule has 1 aliphatic rings. The number of rotatable bonds is 8. The monoisotopic (exact) mass is 494 g/mol. The molecule has 1 aliphatic heterocycles. The SMILES string of the molecule is C[SiH](C(F)CC(F)(F)C(F)(F)C(F)(F)C(F)(F)C(F)(F)C(F)(F)F)C1CCCCO1. The molecule has 0 N–H and O–H groups in total. The van der Waals surface area contributed by atoms with Crippen LogP contribution in [0.1, 0.15) is 25.7 Å². The van der Waals surface area contributed by atoms with Crippen LogP contribution in [0.15, 0.2) is 0 Å². The maximum absolute atomic E-state index is 14.1. The molecule has 3 unspecified atom stereocenters. The maximum atomic E-state index is 14.1. The zero-order chi connectivity index (χ0) is 24.0. The molecule has 0 bridgehead atoms. The van der Waals surface area contributed by atoms with Crippen molar-refractivity contribution in [2.24, 2.45) is 0 Å². The third-order valence-corrected chi connectivity index (χ3v) is 7.90. The zero-order valence-electron chi connectivity index (χ0n) is 15.0. The normalized spacial score (nSPS) is 22.7. The van der Waals surface area contributed by atoms with Crippen LogP contribution in [-0.2, 0) is 4.74 Å². The summed E-state index contributed by atoms with van der Waals surface area (Å²) in [6, 6.07) is 0. The van der Waals surface area contributed by atoms with Crippen molar-refractivity contribution in [3.63, 3.8) is 0 Å². The fraction of sp³-hybridized carbons (Fsp3) is 1.00. The van der Waals surface area contributed by atoms with E-state index in [-0.39, 0.29) is 13.0 Å². The lowest BCUT2D eigenvalue weighted by molar-refractivity contribution is -0.440. The summed E-state index contributed by atoms with van der Waals surface area (Å²) in [6.45, 7) is 1.09. The topological polar surface area (TPSA) is 9.23 Å². The Morgan fingerprint density at radius 3 is 1.63 bits per heavy atom. The highest BCUT2D eigenvalue weighted by Crippen LogP contribution is 2.60. The lowest BCUT2D eigenvalue weighted by Gasteiger charge is -2.40. The molecule has 0 aromatic heterocycles. The van der Waals surface area contributed by atoms with E-state index in [1.165, 1.54) is 0 Å². The van der Waals surface area contributed by atoms with Crippen molar-refractivity contribution in [1.82, 2.24) is 0 Å². The van der Waals surface area contributed by atoms with Crippen LogP contribution >= 0.6 is 0 Å². The molecule has 1 fully saturated rings. The Bertz CT molecular complexity index is 584. The van der Waals surface area contributed by atoms with Crippen LogP contribution in [0, 0.1) is 0 Å². The van der Waals surface area contributed by atoms with Crippen LogP contribution in [0.4, 0.5) is 61.5 Å². The fourth-order valence-corrected chi connectivity index (χ4v) is 5.11. The first-order chi connectivity index (χ1) is 13.1. The molecule has 30 heavy (non-hydrogen) atoms. The van der Waals surface area contributed by atoms with E-state index in [0.717, 1.165) is 6.55 Å². The molecule has 0 aromatic rings. The van der Waals surface area contributed by atoms with Crippen LogP contribution in [0.5, 0.6) is 0 Å². The van der Waals surface area contributed by atoms with Gasteiger partial charge >= 0.3 is 35.8 Å². The molecule has 0 aromatic carbocycles. The first-order valence-corrected chi connectivity index (χ1v) is 10.9. The first-order valence-electron chi connectivity index (χ1n) is 8.36. The molecule has 1 heterocycles. The Kier molecular flexibility index (Phi) is 7.51. The fourth-order valence-electron chi connectivity index (χ4n) is 2.77. The van der Waals surface area contributed by atoms with Crippen molar-refractivity contribution in [2.75, 3.05) is 6.61 Å².